The minimum Gasteiger partial charge on any atom is -0.491 e. The molecular formula is C33H45F3O8S2. The molecule has 2 aliphatic rings. The van der Waals surface area contributed by atoms with E-state index in [1.807, 2.05) is 33.7 Å². The minimum absolute atomic E-state index is 0.0260. The number of halogens is 3. The summed E-state index contributed by atoms with van der Waals surface area (Å²) in [6.07, 6.45) is 4.87. The Morgan fingerprint density at radius 1 is 1.07 bits per heavy atom. The lowest BCUT2D eigenvalue weighted by Crippen LogP contribution is -2.21. The van der Waals surface area contributed by atoms with E-state index in [-0.39, 0.29) is 37.1 Å². The van der Waals surface area contributed by atoms with Gasteiger partial charge in [0.15, 0.2) is 0 Å². The Kier molecular flexibility index (Phi) is 16.3. The topological polar surface area (TPSA) is 123 Å². The van der Waals surface area contributed by atoms with Gasteiger partial charge in [0, 0.05) is 43.1 Å². The zero-order valence-corrected chi connectivity index (χ0v) is 27.6. The molecule has 0 aromatic heterocycles. The van der Waals surface area contributed by atoms with Gasteiger partial charge in [-0.2, -0.15) is 13.2 Å². The van der Waals surface area contributed by atoms with Gasteiger partial charge in [0.2, 0.25) is 6.29 Å². The molecule has 1 saturated carbocycles. The van der Waals surface area contributed by atoms with E-state index in [9.17, 15) is 38.1 Å². The second kappa shape index (κ2) is 19.6. The molecule has 0 amide bonds. The Hall–Kier alpha value is -2.19. The monoisotopic (exact) mass is 690 g/mol. The molecule has 258 valence electrons. The smallest absolute Gasteiger partial charge is 0.416 e. The van der Waals surface area contributed by atoms with Gasteiger partial charge in [-0.05, 0) is 62.6 Å². The molecule has 3 N–H and O–H groups in total. The second-order valence-electron chi connectivity index (χ2n) is 11.6. The van der Waals surface area contributed by atoms with Crippen LogP contribution in [0, 0.1) is 11.8 Å². The fraction of sp³-hybridized carbons (Fsp3) is 0.636. The van der Waals surface area contributed by atoms with E-state index < -0.39 is 48.2 Å². The summed E-state index contributed by atoms with van der Waals surface area (Å²) in [7, 11) is 3.82. The molecule has 2 fully saturated rings. The Balaban J connectivity index is 1.31. The maximum absolute atomic E-state index is 12.9. The highest BCUT2D eigenvalue weighted by molar-refractivity contribution is 8.77. The largest absolute Gasteiger partial charge is 0.491 e. The van der Waals surface area contributed by atoms with Crippen LogP contribution in [-0.4, -0.2) is 69.5 Å². The molecule has 13 heteroatoms. The van der Waals surface area contributed by atoms with Crippen LogP contribution in [0.5, 0.6) is 5.75 Å². The number of rotatable bonds is 18. The second-order valence-corrected chi connectivity index (χ2v) is 14.4. The van der Waals surface area contributed by atoms with Crippen LogP contribution in [0.15, 0.2) is 48.6 Å². The van der Waals surface area contributed by atoms with Crippen molar-refractivity contribution in [3.63, 3.8) is 0 Å². The van der Waals surface area contributed by atoms with E-state index in [2.05, 4.69) is 0 Å². The van der Waals surface area contributed by atoms with Crippen LogP contribution in [0.3, 0.4) is 0 Å². The van der Waals surface area contributed by atoms with Crippen molar-refractivity contribution in [2.45, 2.75) is 107 Å². The van der Waals surface area contributed by atoms with Crippen molar-refractivity contribution in [3.8, 4) is 5.75 Å². The SMILES string of the molecule is CC(OC(=O)CCC/C=C\C[C@@H]1[C@@H](/C=C/[C@@H](O)COc2cccc(C(F)(F)F)c2)[C@H](O)C[C@@H]1O)OC(=O)CCCC[C@@H]1CCSS1. The van der Waals surface area contributed by atoms with Gasteiger partial charge in [-0.15, -0.1) is 0 Å². The first-order valence-electron chi connectivity index (χ1n) is 15.8. The molecule has 1 aromatic rings. The van der Waals surface area contributed by atoms with Gasteiger partial charge in [-0.3, -0.25) is 9.59 Å². The summed E-state index contributed by atoms with van der Waals surface area (Å²) in [6.45, 7) is 1.24. The first-order chi connectivity index (χ1) is 21.9. The molecule has 46 heavy (non-hydrogen) atoms. The lowest BCUT2D eigenvalue weighted by Gasteiger charge is -2.19. The molecule has 0 radical (unpaired) electrons. The highest BCUT2D eigenvalue weighted by atomic mass is 33.1. The quantitative estimate of drug-likeness (QED) is 0.0509. The van der Waals surface area contributed by atoms with Gasteiger partial charge in [-0.1, -0.05) is 58.4 Å². The predicted molar refractivity (Wildman–Crippen MR) is 172 cm³/mol. The average molecular weight is 691 g/mol. The molecule has 8 nitrogen and oxygen atoms in total. The number of unbranched alkanes of at least 4 members (excludes halogenated alkanes) is 2. The van der Waals surface area contributed by atoms with Crippen molar-refractivity contribution >= 4 is 33.5 Å². The van der Waals surface area contributed by atoms with Crippen LogP contribution in [-0.2, 0) is 25.2 Å². The molecule has 1 saturated heterocycles. The van der Waals surface area contributed by atoms with Gasteiger partial charge in [0.1, 0.15) is 18.5 Å². The number of hydrogen-bond donors (Lipinski definition) is 3. The van der Waals surface area contributed by atoms with Crippen LogP contribution in [0.1, 0.15) is 76.7 Å². The maximum Gasteiger partial charge on any atom is 0.416 e. The minimum atomic E-state index is -4.50. The molecule has 3 rings (SSSR count). The molecule has 7 atom stereocenters. The molecule has 1 unspecified atom stereocenters. The highest BCUT2D eigenvalue weighted by Crippen LogP contribution is 2.40. The molecule has 1 aromatic carbocycles. The van der Waals surface area contributed by atoms with Crippen LogP contribution in [0.4, 0.5) is 13.2 Å². The number of aliphatic hydroxyl groups is 3. The summed E-state index contributed by atoms with van der Waals surface area (Å²) >= 11 is 0. The number of ether oxygens (including phenoxy) is 3. The third-order valence-corrected chi connectivity index (χ3v) is 10.9. The van der Waals surface area contributed by atoms with Gasteiger partial charge in [-0.25, -0.2) is 0 Å². The number of allylic oxidation sites excluding steroid dienone is 2. The number of esters is 2. The zero-order valence-electron chi connectivity index (χ0n) is 26.0. The normalized spacial score (nSPS) is 24.8. The van der Waals surface area contributed by atoms with E-state index in [0.717, 1.165) is 31.4 Å². The number of benzene rings is 1. The van der Waals surface area contributed by atoms with E-state index in [4.69, 9.17) is 14.2 Å². The van der Waals surface area contributed by atoms with Gasteiger partial charge in [0.05, 0.1) is 17.8 Å². The Morgan fingerprint density at radius 2 is 1.80 bits per heavy atom. The fourth-order valence-corrected chi connectivity index (χ4v) is 8.44. The molecule has 0 spiro atoms. The molecular weight excluding hydrogens is 645 g/mol. The summed E-state index contributed by atoms with van der Waals surface area (Å²) in [4.78, 5) is 24.1. The summed E-state index contributed by atoms with van der Waals surface area (Å²) in [5.41, 5.74) is -0.852. The Bertz CT molecular complexity index is 1140. The highest BCUT2D eigenvalue weighted by Gasteiger charge is 2.39. The number of carbonyl (C=O) groups is 2. The lowest BCUT2D eigenvalue weighted by atomic mass is 9.89. The van der Waals surface area contributed by atoms with E-state index >= 15 is 0 Å². The number of carbonyl (C=O) groups excluding carboxylic acids is 2. The average Bonchev–Trinajstić information content (AvgIpc) is 3.61. The Morgan fingerprint density at radius 3 is 2.50 bits per heavy atom. The van der Waals surface area contributed by atoms with Gasteiger partial charge < -0.3 is 29.5 Å². The van der Waals surface area contributed by atoms with Crippen LogP contribution in [0.2, 0.25) is 0 Å². The van der Waals surface area contributed by atoms with E-state index in [1.54, 1.807) is 6.08 Å². The standard InChI is InChI=1S/C33H45F3O8S2/c1-22(44-32(41)14-7-6-11-26-17-18-45-46-26)43-31(40)13-5-3-2-4-12-27-28(30(39)20-29(27)38)16-15-24(37)21-42-25-10-8-9-23(19-25)33(34,35)36/h2,4,8-10,15-16,19,22,24,26-30,37-39H,3,5-7,11-14,17-18,20-21H2,1H3/b4-2-,16-15+/t22?,24-,26-,27-,28-,29+,30-/m1/s1. The van der Waals surface area contributed by atoms with Crippen molar-refractivity contribution in [1.29, 1.82) is 0 Å². The van der Waals surface area contributed by atoms with Gasteiger partial charge >= 0.3 is 18.1 Å². The molecule has 1 aliphatic carbocycles. The first-order valence-corrected chi connectivity index (χ1v) is 18.2. The summed E-state index contributed by atoms with van der Waals surface area (Å²) in [6, 6.07) is 4.37. The molecule has 0 bridgehead atoms. The van der Waals surface area contributed by atoms with Crippen LogP contribution < -0.4 is 4.74 Å². The fourth-order valence-electron chi connectivity index (χ4n) is 5.42. The van der Waals surface area contributed by atoms with Gasteiger partial charge in [0.25, 0.3) is 0 Å². The zero-order chi connectivity index (χ0) is 33.5. The summed E-state index contributed by atoms with van der Waals surface area (Å²) < 4.78 is 54.4. The summed E-state index contributed by atoms with van der Waals surface area (Å²) in [5, 5.41) is 31.9. The first kappa shape index (κ1) is 38.3. The van der Waals surface area contributed by atoms with Crippen molar-refractivity contribution in [3.05, 3.63) is 54.1 Å². The molecule has 1 heterocycles. The maximum atomic E-state index is 12.9. The van der Waals surface area contributed by atoms with Crippen molar-refractivity contribution in [2.24, 2.45) is 11.8 Å². The van der Waals surface area contributed by atoms with Crippen LogP contribution >= 0.6 is 21.6 Å². The van der Waals surface area contributed by atoms with Crippen molar-refractivity contribution in [1.82, 2.24) is 0 Å². The van der Waals surface area contributed by atoms with E-state index in [0.29, 0.717) is 30.9 Å². The predicted octanol–water partition coefficient (Wildman–Crippen LogP) is 6.62. The van der Waals surface area contributed by atoms with Crippen LogP contribution in [0.25, 0.3) is 0 Å². The van der Waals surface area contributed by atoms with Crippen molar-refractivity contribution in [2.75, 3.05) is 12.4 Å². The Labute approximate surface area is 276 Å². The lowest BCUT2D eigenvalue weighted by molar-refractivity contribution is -0.184. The molecule has 1 aliphatic heterocycles. The summed E-state index contributed by atoms with van der Waals surface area (Å²) in [5.74, 6) is -0.409. The van der Waals surface area contributed by atoms with Crippen molar-refractivity contribution < 1.29 is 52.3 Å². The third-order valence-electron chi connectivity index (χ3n) is 7.86. The third kappa shape index (κ3) is 13.9. The number of aliphatic hydroxyl groups excluding tert-OH is 3. The number of hydrogen-bond acceptors (Lipinski definition) is 10. The van der Waals surface area contributed by atoms with E-state index in [1.165, 1.54) is 37.3 Å². The number of alkyl halides is 3.